The van der Waals surface area contributed by atoms with E-state index in [4.69, 9.17) is 21.6 Å². The van der Waals surface area contributed by atoms with Crippen LogP contribution in [0.1, 0.15) is 61.4 Å². The van der Waals surface area contributed by atoms with Crippen LogP contribution in [0.25, 0.3) is 16.9 Å². The van der Waals surface area contributed by atoms with Gasteiger partial charge in [-0.05, 0) is 80.8 Å². The van der Waals surface area contributed by atoms with Crippen molar-refractivity contribution in [3.63, 3.8) is 0 Å². The molecule has 2 amide bonds. The van der Waals surface area contributed by atoms with Gasteiger partial charge < -0.3 is 37.5 Å². The number of imidazole rings is 1. The zero-order valence-electron chi connectivity index (χ0n) is 27.5. The minimum atomic E-state index is -1.08. The maximum absolute atomic E-state index is 14.9. The number of nitrogens with one attached hydrogen (secondary N) is 5. The number of amides is 2. The zero-order valence-corrected chi connectivity index (χ0v) is 27.5. The van der Waals surface area contributed by atoms with E-state index in [2.05, 4.69) is 31.2 Å². The van der Waals surface area contributed by atoms with Gasteiger partial charge in [0.05, 0.1) is 25.0 Å². The van der Waals surface area contributed by atoms with E-state index in [1.54, 1.807) is 22.7 Å². The summed E-state index contributed by atoms with van der Waals surface area (Å²) < 4.78 is 35.8. The number of hydrogen-bond donors (Lipinski definition) is 7. The number of aromatic nitrogens is 3. The molecule has 0 aliphatic heterocycles. The highest BCUT2D eigenvalue weighted by molar-refractivity contribution is 5.96. The molecule has 2 heterocycles. The molecule has 0 bridgehead atoms. The normalized spacial score (nSPS) is 16.5. The van der Waals surface area contributed by atoms with Gasteiger partial charge in [-0.3, -0.25) is 19.4 Å². The standard InChI is InChI=1S/C34H42F2N10O3/c1-3-19-17-22(43-30-31-42-18-26(46(31)16-15-40-30)24-12-13-27(49-2)29(36)28(24)35)10-11-23(19)32(47)44-20-6-8-21(9-7-20)45-33(48)25(37)5-4-14-41-34(38)39/h10-13,15-18,20-21,25H,3-9,14,37H2,1-2H3,(H,40,43)(H,44,47)(H,45,48)(H4,38,39,41). The number of benzene rings is 2. The third-order valence-corrected chi connectivity index (χ3v) is 8.72. The summed E-state index contributed by atoms with van der Waals surface area (Å²) in [7, 11) is 1.27. The van der Waals surface area contributed by atoms with E-state index in [-0.39, 0.29) is 41.2 Å². The first-order valence-corrected chi connectivity index (χ1v) is 16.3. The van der Waals surface area contributed by atoms with Crippen molar-refractivity contribution in [2.24, 2.45) is 11.5 Å². The van der Waals surface area contributed by atoms with E-state index < -0.39 is 17.7 Å². The molecule has 13 nitrogen and oxygen atoms in total. The van der Waals surface area contributed by atoms with Gasteiger partial charge >= 0.3 is 0 Å². The van der Waals surface area contributed by atoms with Crippen LogP contribution >= 0.6 is 0 Å². The van der Waals surface area contributed by atoms with Gasteiger partial charge in [0.15, 0.2) is 29.0 Å². The Morgan fingerprint density at radius 3 is 2.51 bits per heavy atom. The second kappa shape index (κ2) is 15.7. The summed E-state index contributed by atoms with van der Waals surface area (Å²) in [6, 6.07) is 7.58. The summed E-state index contributed by atoms with van der Waals surface area (Å²) >= 11 is 0. The molecule has 1 unspecified atom stereocenters. The predicted molar refractivity (Wildman–Crippen MR) is 183 cm³/mol. The van der Waals surface area contributed by atoms with Crippen LogP contribution in [0.4, 0.5) is 20.3 Å². The number of carbonyl (C=O) groups excluding carboxylic acids is 2. The number of halogens is 2. The summed E-state index contributed by atoms with van der Waals surface area (Å²) in [6.45, 7) is 2.45. The largest absolute Gasteiger partial charge is 0.494 e. The molecule has 1 aliphatic rings. The Labute approximate surface area is 282 Å². The van der Waals surface area contributed by atoms with Crippen LogP contribution in [0.5, 0.6) is 5.75 Å². The van der Waals surface area contributed by atoms with Crippen molar-refractivity contribution in [3.05, 3.63) is 71.7 Å². The summed E-state index contributed by atoms with van der Waals surface area (Å²) in [6.07, 6.45) is 9.22. The molecule has 5 rings (SSSR count). The molecule has 1 saturated carbocycles. The molecule has 1 aliphatic carbocycles. The molecular weight excluding hydrogens is 634 g/mol. The number of nitrogens with two attached hydrogens (primary N) is 2. The number of hydrogen-bond acceptors (Lipinski definition) is 8. The molecule has 15 heteroatoms. The minimum Gasteiger partial charge on any atom is -0.494 e. The van der Waals surface area contributed by atoms with Gasteiger partial charge in [-0.2, -0.15) is 4.39 Å². The number of rotatable bonds is 13. The molecule has 1 atom stereocenters. The van der Waals surface area contributed by atoms with Crippen LogP contribution in [0, 0.1) is 17.0 Å². The lowest BCUT2D eigenvalue weighted by molar-refractivity contribution is -0.123. The highest BCUT2D eigenvalue weighted by Crippen LogP contribution is 2.32. The first-order valence-electron chi connectivity index (χ1n) is 16.3. The number of anilines is 2. The van der Waals surface area contributed by atoms with Crippen LogP contribution < -0.4 is 37.5 Å². The Balaban J connectivity index is 1.18. The van der Waals surface area contributed by atoms with E-state index >= 15 is 0 Å². The van der Waals surface area contributed by atoms with E-state index in [9.17, 15) is 18.4 Å². The molecule has 0 saturated heterocycles. The predicted octanol–water partition coefficient (Wildman–Crippen LogP) is 3.74. The Bertz CT molecular complexity index is 1820. The zero-order chi connectivity index (χ0) is 35.1. The number of carbonyl (C=O) groups is 2. The summed E-state index contributed by atoms with van der Waals surface area (Å²) in [5.41, 5.74) is 14.2. The number of fused-ring (bicyclic) bond motifs is 1. The maximum Gasteiger partial charge on any atom is 0.251 e. The first-order chi connectivity index (χ1) is 23.6. The summed E-state index contributed by atoms with van der Waals surface area (Å²) in [5.74, 6) is -2.38. The molecule has 260 valence electrons. The van der Waals surface area contributed by atoms with E-state index in [0.29, 0.717) is 54.2 Å². The average Bonchev–Trinajstić information content (AvgIpc) is 3.53. The second-order valence-corrected chi connectivity index (χ2v) is 12.0. The van der Waals surface area contributed by atoms with Gasteiger partial charge in [0.25, 0.3) is 5.91 Å². The Hall–Kier alpha value is -5.31. The van der Waals surface area contributed by atoms with Crippen molar-refractivity contribution in [1.82, 2.24) is 30.3 Å². The van der Waals surface area contributed by atoms with Gasteiger partial charge in [-0.25, -0.2) is 14.4 Å². The number of guanidine groups is 1. The van der Waals surface area contributed by atoms with E-state index in [0.717, 1.165) is 31.2 Å². The van der Waals surface area contributed by atoms with E-state index in [1.165, 1.54) is 31.6 Å². The molecular formula is C34H42F2N10O3. The van der Waals surface area contributed by atoms with Crippen molar-refractivity contribution >= 4 is 34.9 Å². The Morgan fingerprint density at radius 2 is 1.82 bits per heavy atom. The van der Waals surface area contributed by atoms with Crippen LogP contribution in [0.15, 0.2) is 48.9 Å². The third-order valence-electron chi connectivity index (χ3n) is 8.72. The quantitative estimate of drug-likeness (QED) is 0.0627. The number of methoxy groups -OCH3 is 1. The summed E-state index contributed by atoms with van der Waals surface area (Å²) in [4.78, 5) is 34.7. The molecule has 4 aromatic rings. The van der Waals surface area contributed by atoms with Crippen molar-refractivity contribution in [2.45, 2.75) is 70.0 Å². The van der Waals surface area contributed by atoms with Gasteiger partial charge in [0.2, 0.25) is 11.7 Å². The average molecular weight is 677 g/mol. The lowest BCUT2D eigenvalue weighted by atomic mass is 9.90. The molecule has 2 aromatic carbocycles. The number of nitrogens with zero attached hydrogens (tertiary/aromatic N) is 3. The molecule has 49 heavy (non-hydrogen) atoms. The smallest absolute Gasteiger partial charge is 0.251 e. The molecule has 1 fully saturated rings. The lowest BCUT2D eigenvalue weighted by Gasteiger charge is -2.30. The topological polar surface area (TPSA) is 198 Å². The molecule has 0 spiro atoms. The Morgan fingerprint density at radius 1 is 1.08 bits per heavy atom. The lowest BCUT2D eigenvalue weighted by Crippen LogP contribution is -2.48. The highest BCUT2D eigenvalue weighted by atomic mass is 19.2. The van der Waals surface area contributed by atoms with Crippen molar-refractivity contribution in [2.75, 3.05) is 19.0 Å². The van der Waals surface area contributed by atoms with Gasteiger partial charge in [-0.15, -0.1) is 0 Å². The van der Waals surface area contributed by atoms with Gasteiger partial charge in [-0.1, -0.05) is 6.92 Å². The number of ether oxygens (including phenoxy) is 1. The minimum absolute atomic E-state index is 0.000716. The van der Waals surface area contributed by atoms with Crippen molar-refractivity contribution in [1.29, 1.82) is 5.41 Å². The van der Waals surface area contributed by atoms with Gasteiger partial charge in [0, 0.05) is 47.8 Å². The van der Waals surface area contributed by atoms with Crippen LogP contribution in [0.2, 0.25) is 0 Å². The first kappa shape index (κ1) is 35.0. The summed E-state index contributed by atoms with van der Waals surface area (Å²) in [5, 5.41) is 19.3. The van der Waals surface area contributed by atoms with E-state index in [1.807, 2.05) is 13.0 Å². The molecule has 0 radical (unpaired) electrons. The maximum atomic E-state index is 14.9. The van der Waals surface area contributed by atoms with Gasteiger partial charge in [0.1, 0.15) is 0 Å². The fourth-order valence-corrected chi connectivity index (χ4v) is 6.05. The van der Waals surface area contributed by atoms with Crippen molar-refractivity contribution in [3.8, 4) is 17.0 Å². The second-order valence-electron chi connectivity index (χ2n) is 12.0. The molecule has 9 N–H and O–H groups in total. The monoisotopic (exact) mass is 676 g/mol. The van der Waals surface area contributed by atoms with Crippen LogP contribution in [-0.2, 0) is 11.2 Å². The number of aryl methyl sites for hydroxylation is 1. The van der Waals surface area contributed by atoms with Crippen molar-refractivity contribution < 1.29 is 23.1 Å². The third kappa shape index (κ3) is 8.23. The fourth-order valence-electron chi connectivity index (χ4n) is 6.05. The van der Waals surface area contributed by atoms with Crippen LogP contribution in [-0.4, -0.2) is 63.9 Å². The molecule has 2 aromatic heterocycles. The highest BCUT2D eigenvalue weighted by Gasteiger charge is 2.26. The Kier molecular flexibility index (Phi) is 11.2. The van der Waals surface area contributed by atoms with Crippen LogP contribution in [0.3, 0.4) is 0 Å². The fraction of sp³-hybridized carbons (Fsp3) is 0.382. The SMILES string of the molecule is CCc1cc(Nc2nccn3c(-c4ccc(OC)c(F)c4F)cnc23)ccc1C(=O)NC1CCC(NC(=O)C(N)CCCNC(=N)N)CC1.